The predicted octanol–water partition coefficient (Wildman–Crippen LogP) is 1.46. The van der Waals surface area contributed by atoms with Crippen LogP contribution in [0, 0.1) is 0 Å². The SMILES string of the molecule is COc1ccc(S(=O)(=O)NNC(=O)CN2CCCc3ccccc32)cc1. The number of hydrogen-bond donors (Lipinski definition) is 2. The minimum Gasteiger partial charge on any atom is -0.497 e. The van der Waals surface area contributed by atoms with Crippen LogP contribution < -0.4 is 19.9 Å². The Bertz CT molecular complexity index is 882. The van der Waals surface area contributed by atoms with Gasteiger partial charge in [0.15, 0.2) is 0 Å². The number of anilines is 1. The van der Waals surface area contributed by atoms with Crippen LogP contribution in [0.5, 0.6) is 5.75 Å². The molecule has 138 valence electrons. The van der Waals surface area contributed by atoms with E-state index in [-0.39, 0.29) is 11.4 Å². The summed E-state index contributed by atoms with van der Waals surface area (Å²) in [4.78, 5) is 16.3. The standard InChI is InChI=1S/C18H21N3O4S/c1-25-15-8-10-16(11-9-15)26(23,24)20-19-18(22)13-21-12-4-6-14-5-2-3-7-17(14)21/h2-3,5,7-11,20H,4,6,12-13H2,1H3,(H,19,22). The van der Waals surface area contributed by atoms with Crippen molar-refractivity contribution in [3.05, 3.63) is 54.1 Å². The van der Waals surface area contributed by atoms with Crippen LogP contribution >= 0.6 is 0 Å². The molecular formula is C18H21N3O4S. The Morgan fingerprint density at radius 2 is 1.88 bits per heavy atom. The molecule has 2 aromatic carbocycles. The van der Waals surface area contributed by atoms with Gasteiger partial charge in [-0.2, -0.15) is 0 Å². The van der Waals surface area contributed by atoms with E-state index in [1.165, 1.54) is 24.8 Å². The Morgan fingerprint density at radius 3 is 2.62 bits per heavy atom. The highest BCUT2D eigenvalue weighted by Gasteiger charge is 2.20. The van der Waals surface area contributed by atoms with Gasteiger partial charge in [0, 0.05) is 12.2 Å². The van der Waals surface area contributed by atoms with E-state index < -0.39 is 15.9 Å². The topological polar surface area (TPSA) is 87.7 Å². The minimum absolute atomic E-state index is 0.0434. The minimum atomic E-state index is -3.84. The molecule has 8 heteroatoms. The number of rotatable bonds is 6. The van der Waals surface area contributed by atoms with Crippen molar-refractivity contribution in [1.29, 1.82) is 0 Å². The summed E-state index contributed by atoms with van der Waals surface area (Å²) in [5, 5.41) is 0. The third kappa shape index (κ3) is 4.14. The molecule has 7 nitrogen and oxygen atoms in total. The number of hydrazine groups is 1. The number of aryl methyl sites for hydroxylation is 1. The third-order valence-electron chi connectivity index (χ3n) is 4.24. The smallest absolute Gasteiger partial charge is 0.257 e. The number of para-hydroxylation sites is 1. The second kappa shape index (κ2) is 7.76. The van der Waals surface area contributed by atoms with E-state index in [1.807, 2.05) is 29.2 Å². The molecular weight excluding hydrogens is 354 g/mol. The van der Waals surface area contributed by atoms with Gasteiger partial charge in [-0.3, -0.25) is 10.2 Å². The zero-order chi connectivity index (χ0) is 18.6. The first-order valence-electron chi connectivity index (χ1n) is 8.27. The van der Waals surface area contributed by atoms with Crippen molar-refractivity contribution >= 4 is 21.6 Å². The highest BCUT2D eigenvalue weighted by atomic mass is 32.2. The number of fused-ring (bicyclic) bond motifs is 1. The van der Waals surface area contributed by atoms with Gasteiger partial charge in [-0.1, -0.05) is 18.2 Å². The normalized spacial score (nSPS) is 13.8. The summed E-state index contributed by atoms with van der Waals surface area (Å²) in [6.07, 6.45) is 1.94. The summed E-state index contributed by atoms with van der Waals surface area (Å²) in [5.74, 6) is 0.135. The highest BCUT2D eigenvalue weighted by molar-refractivity contribution is 7.89. The fraction of sp³-hybridized carbons (Fsp3) is 0.278. The summed E-state index contributed by atoms with van der Waals surface area (Å²) in [6, 6.07) is 13.8. The fourth-order valence-electron chi connectivity index (χ4n) is 2.93. The van der Waals surface area contributed by atoms with E-state index in [2.05, 4.69) is 10.3 Å². The van der Waals surface area contributed by atoms with E-state index in [0.29, 0.717) is 5.75 Å². The molecule has 0 saturated carbocycles. The number of methoxy groups -OCH3 is 1. The van der Waals surface area contributed by atoms with E-state index in [0.717, 1.165) is 25.1 Å². The van der Waals surface area contributed by atoms with E-state index in [4.69, 9.17) is 4.74 Å². The van der Waals surface area contributed by atoms with Gasteiger partial charge >= 0.3 is 0 Å². The van der Waals surface area contributed by atoms with Crippen molar-refractivity contribution in [2.45, 2.75) is 17.7 Å². The molecule has 0 unspecified atom stereocenters. The fourth-order valence-corrected chi connectivity index (χ4v) is 3.79. The molecule has 0 atom stereocenters. The van der Waals surface area contributed by atoms with Crippen molar-refractivity contribution in [3.63, 3.8) is 0 Å². The number of nitrogens with one attached hydrogen (secondary N) is 2. The van der Waals surface area contributed by atoms with Crippen molar-refractivity contribution in [2.75, 3.05) is 25.1 Å². The third-order valence-corrected chi connectivity index (χ3v) is 5.50. The van der Waals surface area contributed by atoms with Gasteiger partial charge < -0.3 is 9.64 Å². The lowest BCUT2D eigenvalue weighted by Gasteiger charge is -2.30. The number of hydrogen-bond acceptors (Lipinski definition) is 5. The van der Waals surface area contributed by atoms with Crippen molar-refractivity contribution < 1.29 is 17.9 Å². The van der Waals surface area contributed by atoms with Crippen LogP contribution in [-0.4, -0.2) is 34.5 Å². The van der Waals surface area contributed by atoms with Crippen molar-refractivity contribution in [2.24, 2.45) is 0 Å². The number of nitrogens with zero attached hydrogens (tertiary/aromatic N) is 1. The molecule has 0 spiro atoms. The molecule has 0 radical (unpaired) electrons. The highest BCUT2D eigenvalue weighted by Crippen LogP contribution is 2.26. The molecule has 1 aliphatic rings. The largest absolute Gasteiger partial charge is 0.497 e. The molecule has 0 aromatic heterocycles. The second-order valence-electron chi connectivity index (χ2n) is 5.98. The molecule has 0 aliphatic carbocycles. The summed E-state index contributed by atoms with van der Waals surface area (Å²) < 4.78 is 29.5. The van der Waals surface area contributed by atoms with Gasteiger partial charge in [0.1, 0.15) is 5.75 Å². The van der Waals surface area contributed by atoms with Crippen LogP contribution in [0.1, 0.15) is 12.0 Å². The van der Waals surface area contributed by atoms with Gasteiger partial charge in [0.2, 0.25) is 0 Å². The zero-order valence-electron chi connectivity index (χ0n) is 14.4. The number of ether oxygens (including phenoxy) is 1. The Hall–Kier alpha value is -2.58. The molecule has 0 saturated heterocycles. The number of amides is 1. The molecule has 1 aliphatic heterocycles. The van der Waals surface area contributed by atoms with Crippen molar-refractivity contribution in [3.8, 4) is 5.75 Å². The Balaban J connectivity index is 1.60. The molecule has 0 fully saturated rings. The summed E-state index contributed by atoms with van der Waals surface area (Å²) in [7, 11) is -2.34. The second-order valence-corrected chi connectivity index (χ2v) is 7.67. The summed E-state index contributed by atoms with van der Waals surface area (Å²) >= 11 is 0. The van der Waals surface area contributed by atoms with E-state index >= 15 is 0 Å². The van der Waals surface area contributed by atoms with Gasteiger partial charge in [-0.25, -0.2) is 8.42 Å². The molecule has 2 aromatic rings. The average molecular weight is 375 g/mol. The Kier molecular flexibility index (Phi) is 5.43. The first-order chi connectivity index (χ1) is 12.5. The number of benzene rings is 2. The van der Waals surface area contributed by atoms with Crippen LogP contribution in [0.4, 0.5) is 5.69 Å². The quantitative estimate of drug-likeness (QED) is 0.747. The van der Waals surface area contributed by atoms with E-state index in [1.54, 1.807) is 12.1 Å². The first-order valence-corrected chi connectivity index (χ1v) is 9.75. The number of carbonyl (C=O) groups excluding carboxylic acids is 1. The van der Waals surface area contributed by atoms with Gasteiger partial charge in [-0.05, 0) is 48.7 Å². The average Bonchev–Trinajstić information content (AvgIpc) is 2.67. The zero-order valence-corrected chi connectivity index (χ0v) is 15.3. The van der Waals surface area contributed by atoms with Crippen LogP contribution in [-0.2, 0) is 21.2 Å². The molecule has 1 heterocycles. The van der Waals surface area contributed by atoms with Gasteiger partial charge in [-0.15, -0.1) is 4.83 Å². The van der Waals surface area contributed by atoms with Crippen LogP contribution in [0.25, 0.3) is 0 Å². The lowest BCUT2D eigenvalue weighted by molar-refractivity contribution is -0.120. The van der Waals surface area contributed by atoms with E-state index in [9.17, 15) is 13.2 Å². The molecule has 0 bridgehead atoms. The molecule has 2 N–H and O–H groups in total. The summed E-state index contributed by atoms with van der Waals surface area (Å²) in [5.41, 5.74) is 4.50. The summed E-state index contributed by atoms with van der Waals surface area (Å²) in [6.45, 7) is 0.845. The molecule has 1 amide bonds. The number of carbonyl (C=O) groups is 1. The maximum atomic E-state index is 12.2. The lowest BCUT2D eigenvalue weighted by Crippen LogP contribution is -2.47. The first kappa shape index (κ1) is 18.2. The van der Waals surface area contributed by atoms with Gasteiger partial charge in [0.05, 0.1) is 18.6 Å². The van der Waals surface area contributed by atoms with Crippen molar-refractivity contribution in [1.82, 2.24) is 10.3 Å². The van der Waals surface area contributed by atoms with Crippen LogP contribution in [0.15, 0.2) is 53.4 Å². The molecule has 3 rings (SSSR count). The maximum Gasteiger partial charge on any atom is 0.257 e. The number of sulfonamides is 1. The molecule has 26 heavy (non-hydrogen) atoms. The Morgan fingerprint density at radius 1 is 1.15 bits per heavy atom. The van der Waals surface area contributed by atoms with Crippen LogP contribution in [0.3, 0.4) is 0 Å². The monoisotopic (exact) mass is 375 g/mol. The lowest BCUT2D eigenvalue weighted by atomic mass is 10.0. The predicted molar refractivity (Wildman–Crippen MR) is 98.4 cm³/mol. The van der Waals surface area contributed by atoms with Crippen LogP contribution in [0.2, 0.25) is 0 Å². The van der Waals surface area contributed by atoms with Gasteiger partial charge in [0.25, 0.3) is 15.9 Å². The Labute approximate surface area is 153 Å². The maximum absolute atomic E-state index is 12.2.